The van der Waals surface area contributed by atoms with Gasteiger partial charge in [0.2, 0.25) is 5.91 Å². The molecule has 0 aromatic heterocycles. The van der Waals surface area contributed by atoms with Crippen molar-refractivity contribution in [3.8, 4) is 0 Å². The van der Waals surface area contributed by atoms with Gasteiger partial charge in [-0.3, -0.25) is 9.59 Å². The van der Waals surface area contributed by atoms with E-state index in [0.717, 1.165) is 25.7 Å². The van der Waals surface area contributed by atoms with E-state index in [4.69, 9.17) is 5.11 Å². The Morgan fingerprint density at radius 2 is 1.85 bits per heavy atom. The summed E-state index contributed by atoms with van der Waals surface area (Å²) in [6, 6.07) is 0. The van der Waals surface area contributed by atoms with E-state index in [-0.39, 0.29) is 24.1 Å². The number of aliphatic hydroxyl groups is 1. The molecule has 1 rings (SSSR count). The number of halogens is 3. The highest BCUT2D eigenvalue weighted by molar-refractivity contribution is 8.00. The molecule has 1 fully saturated rings. The summed E-state index contributed by atoms with van der Waals surface area (Å²) in [4.78, 5) is 24.2. The minimum absolute atomic E-state index is 0.0174. The van der Waals surface area contributed by atoms with E-state index in [9.17, 15) is 27.9 Å². The highest BCUT2D eigenvalue weighted by Gasteiger charge is 2.31. The van der Waals surface area contributed by atoms with E-state index >= 15 is 0 Å². The van der Waals surface area contributed by atoms with E-state index in [0.29, 0.717) is 38.0 Å². The molecule has 158 valence electrons. The molecule has 27 heavy (non-hydrogen) atoms. The summed E-state index contributed by atoms with van der Waals surface area (Å²) in [6.07, 6.45) is -0.234. The molecule has 1 amide bonds. The first kappa shape index (κ1) is 24.1. The van der Waals surface area contributed by atoms with Crippen molar-refractivity contribution in [2.75, 3.05) is 12.3 Å². The van der Waals surface area contributed by atoms with Gasteiger partial charge in [0, 0.05) is 19.4 Å². The molecule has 1 aliphatic rings. The number of carbonyl (C=O) groups excluding carboxylic acids is 1. The summed E-state index contributed by atoms with van der Waals surface area (Å²) in [5.74, 6) is -0.319. The fourth-order valence-corrected chi connectivity index (χ4v) is 4.33. The van der Waals surface area contributed by atoms with E-state index < -0.39 is 24.7 Å². The number of unbranched alkanes of at least 4 members (excludes halogenated alkanes) is 4. The lowest BCUT2D eigenvalue weighted by atomic mass is 10.1. The normalized spacial score (nSPS) is 18.9. The highest BCUT2D eigenvalue weighted by atomic mass is 32.2. The van der Waals surface area contributed by atoms with Crippen molar-refractivity contribution in [2.24, 2.45) is 0 Å². The number of nitrogens with zero attached hydrogens (tertiary/aromatic N) is 1. The SMILES string of the molecule is O=C(O)CCCCCCC1SCC(=O)N1CCC(O)CCCCC(F)(F)F. The van der Waals surface area contributed by atoms with Gasteiger partial charge in [-0.1, -0.05) is 25.7 Å². The van der Waals surface area contributed by atoms with Gasteiger partial charge in [0.05, 0.1) is 17.2 Å². The Labute approximate surface area is 162 Å². The van der Waals surface area contributed by atoms with Crippen LogP contribution in [0.2, 0.25) is 0 Å². The molecule has 0 aliphatic carbocycles. The quantitative estimate of drug-likeness (QED) is 0.418. The summed E-state index contributed by atoms with van der Waals surface area (Å²) in [6.45, 7) is 0.427. The van der Waals surface area contributed by atoms with Crippen LogP contribution in [-0.4, -0.2) is 56.9 Å². The Hall–Kier alpha value is -0.960. The topological polar surface area (TPSA) is 77.8 Å². The summed E-state index contributed by atoms with van der Waals surface area (Å²) in [7, 11) is 0. The number of aliphatic hydroxyl groups excluding tert-OH is 1. The second kappa shape index (κ2) is 12.5. The largest absolute Gasteiger partial charge is 0.481 e. The molecule has 9 heteroatoms. The average Bonchev–Trinajstić information content (AvgIpc) is 2.92. The van der Waals surface area contributed by atoms with Crippen molar-refractivity contribution in [2.45, 2.75) is 88.3 Å². The number of carbonyl (C=O) groups is 2. The van der Waals surface area contributed by atoms with Crippen LogP contribution in [0, 0.1) is 0 Å². The van der Waals surface area contributed by atoms with Crippen molar-refractivity contribution >= 4 is 23.6 Å². The number of aliphatic carboxylic acids is 1. The zero-order chi connectivity index (χ0) is 20.3. The second-order valence-electron chi connectivity index (χ2n) is 7.00. The number of thioether (sulfide) groups is 1. The molecular formula is C18H30F3NO4S. The van der Waals surface area contributed by atoms with E-state index in [1.807, 2.05) is 0 Å². The molecule has 1 saturated heterocycles. The van der Waals surface area contributed by atoms with Crippen LogP contribution in [0.15, 0.2) is 0 Å². The lowest BCUT2D eigenvalue weighted by Crippen LogP contribution is -2.35. The van der Waals surface area contributed by atoms with Crippen LogP contribution in [0.25, 0.3) is 0 Å². The van der Waals surface area contributed by atoms with Crippen molar-refractivity contribution < 1.29 is 33.0 Å². The van der Waals surface area contributed by atoms with E-state index in [1.165, 1.54) is 0 Å². The molecule has 0 saturated carbocycles. The zero-order valence-corrected chi connectivity index (χ0v) is 16.4. The van der Waals surface area contributed by atoms with E-state index in [2.05, 4.69) is 0 Å². The molecule has 0 aromatic carbocycles. The third-order valence-electron chi connectivity index (χ3n) is 4.61. The van der Waals surface area contributed by atoms with Gasteiger partial charge < -0.3 is 15.1 Å². The first-order chi connectivity index (χ1) is 12.7. The Balaban J connectivity index is 2.19. The summed E-state index contributed by atoms with van der Waals surface area (Å²) in [5, 5.41) is 18.6. The minimum Gasteiger partial charge on any atom is -0.481 e. The molecule has 2 atom stereocenters. The number of rotatable bonds is 14. The first-order valence-corrected chi connectivity index (χ1v) is 10.6. The molecule has 2 N–H and O–H groups in total. The predicted octanol–water partition coefficient (Wildman–Crippen LogP) is 4.19. The standard InChI is InChI=1S/C18H30F3NO4S/c19-18(20,21)11-6-5-7-14(23)10-12-22-15(24)13-27-16(22)8-3-1-2-4-9-17(25)26/h14,16,23H,1-13H2,(H,25,26). The summed E-state index contributed by atoms with van der Waals surface area (Å²) in [5.41, 5.74) is 0. The molecular weight excluding hydrogens is 383 g/mol. The van der Waals surface area contributed by atoms with Gasteiger partial charge in [-0.15, -0.1) is 11.8 Å². The Kier molecular flexibility index (Phi) is 11.1. The predicted molar refractivity (Wildman–Crippen MR) is 98.4 cm³/mol. The maximum atomic E-state index is 12.1. The first-order valence-electron chi connectivity index (χ1n) is 9.56. The number of hydrogen-bond acceptors (Lipinski definition) is 4. The molecule has 1 heterocycles. The lowest BCUT2D eigenvalue weighted by Gasteiger charge is -2.25. The lowest BCUT2D eigenvalue weighted by molar-refractivity contribution is -0.137. The number of hydrogen-bond donors (Lipinski definition) is 2. The number of carboxylic acid groups (broad SMARTS) is 1. The van der Waals surface area contributed by atoms with Crippen LogP contribution >= 0.6 is 11.8 Å². The van der Waals surface area contributed by atoms with Crippen molar-refractivity contribution in [1.82, 2.24) is 4.90 Å². The molecule has 1 aliphatic heterocycles. The van der Waals surface area contributed by atoms with Gasteiger partial charge in [0.15, 0.2) is 0 Å². The van der Waals surface area contributed by atoms with Crippen LogP contribution in [0.1, 0.15) is 70.6 Å². The van der Waals surface area contributed by atoms with Gasteiger partial charge in [0.1, 0.15) is 0 Å². The zero-order valence-electron chi connectivity index (χ0n) is 15.5. The number of carboxylic acids is 1. The van der Waals surface area contributed by atoms with Gasteiger partial charge in [-0.05, 0) is 32.1 Å². The maximum absolute atomic E-state index is 12.1. The monoisotopic (exact) mass is 413 g/mol. The third kappa shape index (κ3) is 11.5. The Morgan fingerprint density at radius 1 is 1.15 bits per heavy atom. The molecule has 0 radical (unpaired) electrons. The maximum Gasteiger partial charge on any atom is 0.389 e. The number of alkyl halides is 3. The van der Waals surface area contributed by atoms with Crippen molar-refractivity contribution in [1.29, 1.82) is 0 Å². The van der Waals surface area contributed by atoms with Crippen LogP contribution < -0.4 is 0 Å². The molecule has 5 nitrogen and oxygen atoms in total. The Bertz CT molecular complexity index is 462. The van der Waals surface area contributed by atoms with Crippen LogP contribution in [-0.2, 0) is 9.59 Å². The van der Waals surface area contributed by atoms with Gasteiger partial charge >= 0.3 is 12.1 Å². The van der Waals surface area contributed by atoms with Gasteiger partial charge in [-0.25, -0.2) is 0 Å². The summed E-state index contributed by atoms with van der Waals surface area (Å²) >= 11 is 1.58. The minimum atomic E-state index is -4.15. The number of amides is 1. The van der Waals surface area contributed by atoms with Crippen LogP contribution in [0.3, 0.4) is 0 Å². The van der Waals surface area contributed by atoms with Crippen molar-refractivity contribution in [3.05, 3.63) is 0 Å². The average molecular weight is 414 g/mol. The van der Waals surface area contributed by atoms with Crippen LogP contribution in [0.5, 0.6) is 0 Å². The third-order valence-corrected chi connectivity index (χ3v) is 5.90. The highest BCUT2D eigenvalue weighted by Crippen LogP contribution is 2.30. The molecule has 0 bridgehead atoms. The molecule has 2 unspecified atom stereocenters. The fraction of sp³-hybridized carbons (Fsp3) is 0.889. The van der Waals surface area contributed by atoms with Gasteiger partial charge in [-0.2, -0.15) is 13.2 Å². The van der Waals surface area contributed by atoms with Gasteiger partial charge in [0.25, 0.3) is 0 Å². The molecule has 0 aromatic rings. The van der Waals surface area contributed by atoms with E-state index in [1.54, 1.807) is 16.7 Å². The summed E-state index contributed by atoms with van der Waals surface area (Å²) < 4.78 is 36.3. The molecule has 0 spiro atoms. The fourth-order valence-electron chi connectivity index (χ4n) is 3.10. The second-order valence-corrected chi connectivity index (χ2v) is 8.17. The van der Waals surface area contributed by atoms with Crippen molar-refractivity contribution in [3.63, 3.8) is 0 Å². The van der Waals surface area contributed by atoms with Crippen LogP contribution in [0.4, 0.5) is 13.2 Å². The smallest absolute Gasteiger partial charge is 0.389 e. The Morgan fingerprint density at radius 3 is 2.52 bits per heavy atom.